The Labute approximate surface area is 160 Å². The van der Waals surface area contributed by atoms with Gasteiger partial charge in [0.1, 0.15) is 11.7 Å². The molecular weight excluding hydrogens is 364 g/mol. The number of carbonyl (C=O) groups is 2. The summed E-state index contributed by atoms with van der Waals surface area (Å²) in [6.07, 6.45) is 5.72. The third kappa shape index (κ3) is 3.02. The second kappa shape index (κ2) is 7.06. The molecule has 0 radical (unpaired) electrons. The van der Waals surface area contributed by atoms with E-state index in [1.807, 2.05) is 0 Å². The van der Waals surface area contributed by atoms with Gasteiger partial charge in [-0.3, -0.25) is 14.9 Å². The normalized spacial score (nSPS) is 24.0. The Balaban J connectivity index is 1.66. The minimum Gasteiger partial charge on any atom is -0.480 e. The lowest BCUT2D eigenvalue weighted by atomic mass is 9.84. The first kappa shape index (κ1) is 18.1. The summed E-state index contributed by atoms with van der Waals surface area (Å²) >= 11 is 0. The summed E-state index contributed by atoms with van der Waals surface area (Å²) in [6.45, 7) is 0. The average molecular weight is 384 g/mol. The monoisotopic (exact) mass is 384 g/mol. The Morgan fingerprint density at radius 1 is 1.18 bits per heavy atom. The van der Waals surface area contributed by atoms with Crippen molar-refractivity contribution in [1.82, 2.24) is 14.7 Å². The molecule has 1 aromatic carbocycles. The van der Waals surface area contributed by atoms with Crippen LogP contribution < -0.4 is 0 Å². The lowest BCUT2D eigenvalue weighted by molar-refractivity contribution is -0.384. The van der Waals surface area contributed by atoms with Gasteiger partial charge in [0.15, 0.2) is 5.69 Å². The van der Waals surface area contributed by atoms with Crippen molar-refractivity contribution < 1.29 is 19.6 Å². The van der Waals surface area contributed by atoms with E-state index in [9.17, 15) is 24.8 Å². The van der Waals surface area contributed by atoms with Crippen molar-refractivity contribution in [1.29, 1.82) is 0 Å². The topological polar surface area (TPSA) is 119 Å². The van der Waals surface area contributed by atoms with Gasteiger partial charge in [0.05, 0.1) is 4.92 Å². The number of aromatic nitrogens is 2. The molecule has 1 aliphatic carbocycles. The Bertz CT molecular complexity index is 940. The van der Waals surface area contributed by atoms with Crippen molar-refractivity contribution in [2.75, 3.05) is 0 Å². The fraction of sp³-hybridized carbons (Fsp3) is 0.421. The number of likely N-dealkylation sites (tertiary alicyclic amines) is 1. The van der Waals surface area contributed by atoms with E-state index >= 15 is 0 Å². The van der Waals surface area contributed by atoms with E-state index in [0.717, 1.165) is 25.7 Å². The van der Waals surface area contributed by atoms with Crippen LogP contribution in [-0.4, -0.2) is 48.7 Å². The highest BCUT2D eigenvalue weighted by Gasteiger charge is 2.48. The van der Waals surface area contributed by atoms with Gasteiger partial charge >= 0.3 is 5.97 Å². The maximum absolute atomic E-state index is 13.1. The largest absolute Gasteiger partial charge is 0.480 e. The number of carboxylic acid groups (broad SMARTS) is 1. The summed E-state index contributed by atoms with van der Waals surface area (Å²) in [4.78, 5) is 37.1. The van der Waals surface area contributed by atoms with E-state index in [4.69, 9.17) is 0 Å². The molecule has 2 aromatic rings. The van der Waals surface area contributed by atoms with Gasteiger partial charge in [-0.25, -0.2) is 9.48 Å². The number of nitro groups is 1. The van der Waals surface area contributed by atoms with Crippen molar-refractivity contribution in [3.05, 3.63) is 52.3 Å². The van der Waals surface area contributed by atoms with Crippen molar-refractivity contribution >= 4 is 17.6 Å². The number of carboxylic acids is 1. The molecule has 0 bridgehead atoms. The SMILES string of the molecule is O=C(O)C1CC2CCCCC2N1C(=O)c1ccn(-c2ccccc2[N+](=O)[O-])n1. The number of hydrogen-bond acceptors (Lipinski definition) is 5. The highest BCUT2D eigenvalue weighted by molar-refractivity contribution is 5.95. The standard InChI is InChI=1S/C19H20N4O5/c24-18(22-14-6-2-1-5-12(14)11-17(22)19(25)26)13-9-10-21(20-13)15-7-3-4-8-16(15)23(27)28/h3-4,7-10,12,14,17H,1-2,5-6,11H2,(H,25,26). The lowest BCUT2D eigenvalue weighted by Crippen LogP contribution is -2.46. The molecule has 1 saturated carbocycles. The van der Waals surface area contributed by atoms with Crippen LogP contribution in [0.4, 0.5) is 5.69 Å². The van der Waals surface area contributed by atoms with Gasteiger partial charge in [-0.05, 0) is 37.3 Å². The first-order valence-electron chi connectivity index (χ1n) is 9.32. The first-order chi connectivity index (χ1) is 13.5. The van der Waals surface area contributed by atoms with Crippen LogP contribution in [0.3, 0.4) is 0 Å². The van der Waals surface area contributed by atoms with Crippen LogP contribution in [0.25, 0.3) is 5.69 Å². The first-order valence-corrected chi connectivity index (χ1v) is 9.32. The van der Waals surface area contributed by atoms with Gasteiger partial charge in [0.25, 0.3) is 11.6 Å². The average Bonchev–Trinajstić information content (AvgIpc) is 3.32. The molecule has 3 atom stereocenters. The van der Waals surface area contributed by atoms with Crippen molar-refractivity contribution in [2.24, 2.45) is 5.92 Å². The third-order valence-electron chi connectivity index (χ3n) is 5.74. The minimum absolute atomic E-state index is 0.0847. The minimum atomic E-state index is -0.999. The molecule has 2 aliphatic rings. The van der Waals surface area contributed by atoms with Crippen LogP contribution in [-0.2, 0) is 4.79 Å². The number of fused-ring (bicyclic) bond motifs is 1. The maximum atomic E-state index is 13.1. The highest BCUT2D eigenvalue weighted by atomic mass is 16.6. The number of nitro benzene ring substituents is 1. The zero-order valence-corrected chi connectivity index (χ0v) is 15.1. The van der Waals surface area contributed by atoms with Crippen LogP contribution in [0.2, 0.25) is 0 Å². The molecule has 9 nitrogen and oxygen atoms in total. The van der Waals surface area contributed by atoms with Gasteiger partial charge in [-0.1, -0.05) is 25.0 Å². The molecule has 146 valence electrons. The molecule has 1 N–H and O–H groups in total. The van der Waals surface area contributed by atoms with E-state index in [1.54, 1.807) is 18.2 Å². The molecule has 9 heteroatoms. The van der Waals surface area contributed by atoms with E-state index in [1.165, 1.54) is 27.9 Å². The van der Waals surface area contributed by atoms with E-state index in [0.29, 0.717) is 6.42 Å². The Morgan fingerprint density at radius 2 is 1.93 bits per heavy atom. The predicted molar refractivity (Wildman–Crippen MR) is 98.2 cm³/mol. The molecule has 1 aromatic heterocycles. The van der Waals surface area contributed by atoms with E-state index < -0.39 is 22.8 Å². The van der Waals surface area contributed by atoms with Crippen LogP contribution in [0.15, 0.2) is 36.5 Å². The maximum Gasteiger partial charge on any atom is 0.326 e. The van der Waals surface area contributed by atoms with Crippen LogP contribution in [0.1, 0.15) is 42.6 Å². The number of carbonyl (C=O) groups excluding carboxylic acids is 1. The third-order valence-corrected chi connectivity index (χ3v) is 5.74. The zero-order valence-electron chi connectivity index (χ0n) is 15.1. The summed E-state index contributed by atoms with van der Waals surface area (Å²) in [5.41, 5.74) is 0.218. The number of benzene rings is 1. The fourth-order valence-corrected chi connectivity index (χ4v) is 4.49. The van der Waals surface area contributed by atoms with Crippen molar-refractivity contribution in [2.45, 2.75) is 44.2 Å². The summed E-state index contributed by atoms with van der Waals surface area (Å²) < 4.78 is 1.29. The van der Waals surface area contributed by atoms with Crippen LogP contribution >= 0.6 is 0 Å². The molecule has 0 spiro atoms. The van der Waals surface area contributed by atoms with Gasteiger partial charge in [0.2, 0.25) is 0 Å². The Hall–Kier alpha value is -3.23. The number of nitrogens with zero attached hydrogens (tertiary/aromatic N) is 4. The van der Waals surface area contributed by atoms with Gasteiger partial charge in [-0.15, -0.1) is 0 Å². The van der Waals surface area contributed by atoms with Crippen molar-refractivity contribution in [3.8, 4) is 5.69 Å². The van der Waals surface area contributed by atoms with E-state index in [-0.39, 0.29) is 29.0 Å². The number of amides is 1. The zero-order chi connectivity index (χ0) is 19.8. The summed E-state index contributed by atoms with van der Waals surface area (Å²) in [6, 6.07) is 6.67. The van der Waals surface area contributed by atoms with Crippen LogP contribution in [0, 0.1) is 16.0 Å². The van der Waals surface area contributed by atoms with E-state index in [2.05, 4.69) is 5.10 Å². The number of hydrogen-bond donors (Lipinski definition) is 1. The lowest BCUT2D eigenvalue weighted by Gasteiger charge is -2.32. The number of aliphatic carboxylic acids is 1. The summed E-state index contributed by atoms with van der Waals surface area (Å²) in [5, 5.41) is 25.1. The quantitative estimate of drug-likeness (QED) is 0.639. The molecule has 1 saturated heterocycles. The Kier molecular flexibility index (Phi) is 4.58. The molecule has 1 aliphatic heterocycles. The molecule has 2 fully saturated rings. The second-order valence-corrected chi connectivity index (χ2v) is 7.31. The smallest absolute Gasteiger partial charge is 0.326 e. The van der Waals surface area contributed by atoms with Crippen molar-refractivity contribution in [3.63, 3.8) is 0 Å². The summed E-state index contributed by atoms with van der Waals surface area (Å²) in [5.74, 6) is -1.23. The fourth-order valence-electron chi connectivity index (χ4n) is 4.49. The van der Waals surface area contributed by atoms with Gasteiger partial charge < -0.3 is 10.0 Å². The molecule has 4 rings (SSSR count). The highest BCUT2D eigenvalue weighted by Crippen LogP contribution is 2.40. The molecular formula is C19H20N4O5. The summed E-state index contributed by atoms with van der Waals surface area (Å²) in [7, 11) is 0. The number of para-hydroxylation sites is 2. The molecule has 2 heterocycles. The van der Waals surface area contributed by atoms with Gasteiger partial charge in [-0.2, -0.15) is 5.10 Å². The molecule has 28 heavy (non-hydrogen) atoms. The van der Waals surface area contributed by atoms with Gasteiger partial charge in [0, 0.05) is 18.3 Å². The molecule has 3 unspecified atom stereocenters. The Morgan fingerprint density at radius 3 is 2.68 bits per heavy atom. The second-order valence-electron chi connectivity index (χ2n) is 7.31. The van der Waals surface area contributed by atoms with Crippen LogP contribution in [0.5, 0.6) is 0 Å². The molecule has 1 amide bonds. The number of rotatable bonds is 4. The predicted octanol–water partition coefficient (Wildman–Crippen LogP) is 2.64.